The summed E-state index contributed by atoms with van der Waals surface area (Å²) in [4.78, 5) is 15.2. The van der Waals surface area contributed by atoms with Crippen LogP contribution >= 0.6 is 0 Å². The van der Waals surface area contributed by atoms with Crippen LogP contribution in [0.25, 0.3) is 106 Å². The van der Waals surface area contributed by atoms with Crippen molar-refractivity contribution in [2.75, 3.05) is 0 Å². The van der Waals surface area contributed by atoms with E-state index in [4.69, 9.17) is 19.4 Å². The first-order chi connectivity index (χ1) is 27.8. The van der Waals surface area contributed by atoms with Gasteiger partial charge in [-0.3, -0.25) is 0 Å². The second-order valence-electron chi connectivity index (χ2n) is 14.0. The third-order valence-electron chi connectivity index (χ3n) is 10.7. The molecule has 3 heterocycles. The minimum atomic E-state index is 0.555. The molecule has 0 radical (unpaired) electrons. The first kappa shape index (κ1) is 31.9. The summed E-state index contributed by atoms with van der Waals surface area (Å²) in [5.41, 5.74) is 12.2. The van der Waals surface area contributed by atoms with E-state index in [1.165, 1.54) is 21.9 Å². The molecule has 0 bridgehead atoms. The average Bonchev–Trinajstić information content (AvgIpc) is 3.83. The van der Waals surface area contributed by atoms with Crippen molar-refractivity contribution in [3.05, 3.63) is 194 Å². The van der Waals surface area contributed by atoms with Crippen LogP contribution in [0.5, 0.6) is 0 Å². The lowest BCUT2D eigenvalue weighted by Crippen LogP contribution is -2.00. The van der Waals surface area contributed by atoms with Gasteiger partial charge in [-0.05, 0) is 58.7 Å². The van der Waals surface area contributed by atoms with Crippen LogP contribution in [0.1, 0.15) is 0 Å². The molecule has 5 heteroatoms. The van der Waals surface area contributed by atoms with Crippen LogP contribution < -0.4 is 0 Å². The summed E-state index contributed by atoms with van der Waals surface area (Å²) < 4.78 is 9.22. The van der Waals surface area contributed by atoms with Crippen LogP contribution in [0.15, 0.2) is 199 Å². The van der Waals surface area contributed by atoms with Gasteiger partial charge in [0.25, 0.3) is 0 Å². The van der Waals surface area contributed by atoms with E-state index < -0.39 is 0 Å². The minimum absolute atomic E-state index is 0.555. The fourth-order valence-electron chi connectivity index (χ4n) is 8.00. The largest absolute Gasteiger partial charge is 0.455 e. The number of benzene rings is 8. The van der Waals surface area contributed by atoms with Gasteiger partial charge in [0.15, 0.2) is 17.5 Å². The molecule has 0 saturated heterocycles. The van der Waals surface area contributed by atoms with Gasteiger partial charge in [-0.15, -0.1) is 0 Å². The molecule has 5 nitrogen and oxygen atoms in total. The molecular weight excluding hydrogens is 685 g/mol. The number of aromatic nitrogens is 4. The van der Waals surface area contributed by atoms with Gasteiger partial charge in [0, 0.05) is 33.0 Å². The molecule has 0 amide bonds. The molecule has 3 aromatic heterocycles. The second kappa shape index (κ2) is 13.0. The molecule has 0 N–H and O–H groups in total. The van der Waals surface area contributed by atoms with Crippen molar-refractivity contribution in [1.82, 2.24) is 19.5 Å². The maximum Gasteiger partial charge on any atom is 0.167 e. The van der Waals surface area contributed by atoms with Crippen LogP contribution in [-0.4, -0.2) is 19.5 Å². The lowest BCUT2D eigenvalue weighted by molar-refractivity contribution is 0.669. The predicted molar refractivity (Wildman–Crippen MR) is 229 cm³/mol. The van der Waals surface area contributed by atoms with E-state index in [0.717, 1.165) is 66.5 Å². The quantitative estimate of drug-likeness (QED) is 0.172. The Labute approximate surface area is 322 Å². The van der Waals surface area contributed by atoms with E-state index >= 15 is 0 Å². The molecule has 262 valence electrons. The van der Waals surface area contributed by atoms with Crippen molar-refractivity contribution in [3.8, 4) is 62.1 Å². The number of fused-ring (bicyclic) bond motifs is 7. The highest BCUT2D eigenvalue weighted by Crippen LogP contribution is 2.43. The van der Waals surface area contributed by atoms with E-state index in [1.807, 2.05) is 42.5 Å². The van der Waals surface area contributed by atoms with Gasteiger partial charge in [-0.2, -0.15) is 0 Å². The van der Waals surface area contributed by atoms with E-state index in [1.54, 1.807) is 0 Å². The van der Waals surface area contributed by atoms with Crippen LogP contribution in [0.2, 0.25) is 0 Å². The van der Waals surface area contributed by atoms with Crippen molar-refractivity contribution in [2.45, 2.75) is 0 Å². The number of furan rings is 1. The zero-order valence-corrected chi connectivity index (χ0v) is 30.2. The van der Waals surface area contributed by atoms with E-state index in [2.05, 4.69) is 156 Å². The Morgan fingerprint density at radius 1 is 0.357 bits per heavy atom. The van der Waals surface area contributed by atoms with Crippen molar-refractivity contribution in [3.63, 3.8) is 0 Å². The van der Waals surface area contributed by atoms with Crippen molar-refractivity contribution < 1.29 is 4.42 Å². The summed E-state index contributed by atoms with van der Waals surface area (Å²) in [6.07, 6.45) is 0. The lowest BCUT2D eigenvalue weighted by atomic mass is 10.0. The Kier molecular flexibility index (Phi) is 7.42. The summed E-state index contributed by atoms with van der Waals surface area (Å²) in [6, 6.07) is 67.4. The Bertz CT molecular complexity index is 3200. The molecule has 11 aromatic rings. The highest BCUT2D eigenvalue weighted by molar-refractivity contribution is 6.25. The monoisotopic (exact) mass is 716 g/mol. The third kappa shape index (κ3) is 5.29. The molecular formula is C51H32N4O. The maximum atomic E-state index is 6.85. The second-order valence-corrected chi connectivity index (χ2v) is 14.0. The van der Waals surface area contributed by atoms with Gasteiger partial charge in [-0.25, -0.2) is 15.0 Å². The molecule has 0 saturated carbocycles. The normalized spacial score (nSPS) is 11.6. The van der Waals surface area contributed by atoms with Crippen LogP contribution in [0.4, 0.5) is 0 Å². The molecule has 0 aliphatic carbocycles. The predicted octanol–water partition coefficient (Wildman–Crippen LogP) is 13.2. The molecule has 0 fully saturated rings. The standard InChI is InChI=1S/C51H32N4O/c1-4-13-33(14-5-1)35-23-25-38(26-24-35)50-52-49(37-17-8-3-9-18-37)53-51(54-50)43-21-12-20-42-46-45(56-48(42)43)32-31-41-40-19-10-11-22-44(40)55(47(41)46)39-29-27-36(28-30-39)34-15-6-2-7-16-34/h1-32H. The highest BCUT2D eigenvalue weighted by Gasteiger charge is 2.22. The Balaban J connectivity index is 1.11. The van der Waals surface area contributed by atoms with Gasteiger partial charge in [0.1, 0.15) is 11.2 Å². The fraction of sp³-hybridized carbons (Fsp3) is 0. The number of hydrogen-bond donors (Lipinski definition) is 0. The molecule has 0 spiro atoms. The number of rotatable bonds is 6. The molecule has 0 aliphatic heterocycles. The Morgan fingerprint density at radius 2 is 0.857 bits per heavy atom. The Morgan fingerprint density at radius 3 is 1.52 bits per heavy atom. The molecule has 0 unspecified atom stereocenters. The topological polar surface area (TPSA) is 56.7 Å². The first-order valence-electron chi connectivity index (χ1n) is 18.8. The highest BCUT2D eigenvalue weighted by atomic mass is 16.3. The smallest absolute Gasteiger partial charge is 0.167 e. The molecule has 11 rings (SSSR count). The molecule has 0 aliphatic rings. The van der Waals surface area contributed by atoms with Crippen LogP contribution in [0, 0.1) is 0 Å². The van der Waals surface area contributed by atoms with Crippen molar-refractivity contribution in [2.24, 2.45) is 0 Å². The summed E-state index contributed by atoms with van der Waals surface area (Å²) >= 11 is 0. The number of para-hydroxylation sites is 2. The summed E-state index contributed by atoms with van der Waals surface area (Å²) in [6.45, 7) is 0. The van der Waals surface area contributed by atoms with Crippen LogP contribution in [0.3, 0.4) is 0 Å². The number of nitrogens with zero attached hydrogens (tertiary/aromatic N) is 4. The van der Waals surface area contributed by atoms with E-state index in [-0.39, 0.29) is 0 Å². The summed E-state index contributed by atoms with van der Waals surface area (Å²) in [5.74, 6) is 1.76. The van der Waals surface area contributed by atoms with Crippen LogP contribution in [-0.2, 0) is 0 Å². The third-order valence-corrected chi connectivity index (χ3v) is 10.7. The zero-order chi connectivity index (χ0) is 37.0. The fourth-order valence-corrected chi connectivity index (χ4v) is 8.00. The van der Waals surface area contributed by atoms with Crippen molar-refractivity contribution in [1.29, 1.82) is 0 Å². The maximum absolute atomic E-state index is 6.85. The van der Waals surface area contributed by atoms with E-state index in [9.17, 15) is 0 Å². The van der Waals surface area contributed by atoms with Gasteiger partial charge in [-0.1, -0.05) is 158 Å². The molecule has 0 atom stereocenters. The van der Waals surface area contributed by atoms with Crippen molar-refractivity contribution >= 4 is 43.7 Å². The number of hydrogen-bond acceptors (Lipinski definition) is 4. The summed E-state index contributed by atoms with van der Waals surface area (Å²) in [7, 11) is 0. The van der Waals surface area contributed by atoms with E-state index in [0.29, 0.717) is 17.5 Å². The van der Waals surface area contributed by atoms with Gasteiger partial charge < -0.3 is 8.98 Å². The lowest BCUT2D eigenvalue weighted by Gasteiger charge is -2.10. The van der Waals surface area contributed by atoms with Gasteiger partial charge >= 0.3 is 0 Å². The molecule has 56 heavy (non-hydrogen) atoms. The average molecular weight is 717 g/mol. The van der Waals surface area contributed by atoms with Gasteiger partial charge in [0.2, 0.25) is 0 Å². The Hall–Kier alpha value is -7.63. The molecule has 8 aromatic carbocycles. The summed E-state index contributed by atoms with van der Waals surface area (Å²) in [5, 5.41) is 4.41. The zero-order valence-electron chi connectivity index (χ0n) is 30.2. The first-order valence-corrected chi connectivity index (χ1v) is 18.8. The SMILES string of the molecule is c1ccc(-c2ccc(-c3nc(-c4ccccc4)nc(-c4cccc5c4oc4ccc6c7ccccc7n(-c7ccc(-c8ccccc8)cc7)c6c45)n3)cc2)cc1. The van der Waals surface area contributed by atoms with Gasteiger partial charge in [0.05, 0.1) is 22.0 Å². The minimum Gasteiger partial charge on any atom is -0.455 e.